The van der Waals surface area contributed by atoms with Crippen LogP contribution in [0.3, 0.4) is 0 Å². The molecular formula is C12H15N3OS2. The Hall–Kier alpha value is -0.950. The highest BCUT2D eigenvalue weighted by atomic mass is 32.2. The van der Waals surface area contributed by atoms with Crippen LogP contribution in [0.4, 0.5) is 0 Å². The van der Waals surface area contributed by atoms with Crippen molar-refractivity contribution in [1.29, 1.82) is 0 Å². The SMILES string of the molecule is NC(Cc1ccccc1)C(O)CSc1nncs1. The lowest BCUT2D eigenvalue weighted by molar-refractivity contribution is 0.167. The maximum absolute atomic E-state index is 9.99. The van der Waals surface area contributed by atoms with Crippen LogP contribution in [0.2, 0.25) is 0 Å². The van der Waals surface area contributed by atoms with E-state index in [-0.39, 0.29) is 6.04 Å². The van der Waals surface area contributed by atoms with Crippen molar-refractivity contribution in [1.82, 2.24) is 10.2 Å². The normalized spacial score (nSPS) is 14.3. The Morgan fingerprint density at radius 3 is 2.78 bits per heavy atom. The van der Waals surface area contributed by atoms with Gasteiger partial charge in [-0.3, -0.25) is 0 Å². The molecular weight excluding hydrogens is 266 g/mol. The van der Waals surface area contributed by atoms with E-state index in [2.05, 4.69) is 10.2 Å². The van der Waals surface area contributed by atoms with Gasteiger partial charge in [-0.05, 0) is 12.0 Å². The van der Waals surface area contributed by atoms with Crippen LogP contribution < -0.4 is 5.73 Å². The van der Waals surface area contributed by atoms with Gasteiger partial charge in [0.25, 0.3) is 0 Å². The van der Waals surface area contributed by atoms with Crippen LogP contribution in [0, 0.1) is 0 Å². The van der Waals surface area contributed by atoms with Crippen molar-refractivity contribution in [2.24, 2.45) is 5.73 Å². The highest BCUT2D eigenvalue weighted by Gasteiger charge is 2.16. The summed E-state index contributed by atoms with van der Waals surface area (Å²) in [7, 11) is 0. The summed E-state index contributed by atoms with van der Waals surface area (Å²) in [5, 5.41) is 17.6. The second-order valence-electron chi connectivity index (χ2n) is 3.94. The number of nitrogens with zero attached hydrogens (tertiary/aromatic N) is 2. The van der Waals surface area contributed by atoms with Crippen molar-refractivity contribution in [3.8, 4) is 0 Å². The minimum absolute atomic E-state index is 0.257. The average molecular weight is 281 g/mol. The molecule has 0 aliphatic carbocycles. The van der Waals surface area contributed by atoms with Crippen molar-refractivity contribution in [3.63, 3.8) is 0 Å². The van der Waals surface area contributed by atoms with E-state index in [0.29, 0.717) is 12.2 Å². The lowest BCUT2D eigenvalue weighted by Gasteiger charge is -2.17. The summed E-state index contributed by atoms with van der Waals surface area (Å²) in [6, 6.07) is 9.70. The number of hydrogen-bond acceptors (Lipinski definition) is 6. The molecule has 18 heavy (non-hydrogen) atoms. The van der Waals surface area contributed by atoms with Crippen molar-refractivity contribution in [2.75, 3.05) is 5.75 Å². The zero-order chi connectivity index (χ0) is 12.8. The number of benzene rings is 1. The van der Waals surface area contributed by atoms with E-state index in [9.17, 15) is 5.11 Å². The molecule has 1 heterocycles. The minimum atomic E-state index is -0.542. The molecule has 0 bridgehead atoms. The fraction of sp³-hybridized carbons (Fsp3) is 0.333. The van der Waals surface area contributed by atoms with E-state index in [1.807, 2.05) is 30.3 Å². The van der Waals surface area contributed by atoms with Gasteiger partial charge >= 0.3 is 0 Å². The molecule has 0 radical (unpaired) electrons. The fourth-order valence-corrected chi connectivity index (χ4v) is 3.08. The second-order valence-corrected chi connectivity index (χ2v) is 6.04. The first-order chi connectivity index (χ1) is 8.75. The number of aliphatic hydroxyl groups is 1. The third-order valence-electron chi connectivity index (χ3n) is 2.53. The van der Waals surface area contributed by atoms with Crippen LogP contribution in [0.15, 0.2) is 40.2 Å². The van der Waals surface area contributed by atoms with E-state index < -0.39 is 6.10 Å². The Balaban J connectivity index is 1.80. The van der Waals surface area contributed by atoms with Crippen LogP contribution in [-0.4, -0.2) is 33.2 Å². The highest BCUT2D eigenvalue weighted by Crippen LogP contribution is 2.20. The molecule has 1 aromatic carbocycles. The molecule has 0 saturated heterocycles. The van der Waals surface area contributed by atoms with Gasteiger partial charge in [-0.2, -0.15) is 0 Å². The van der Waals surface area contributed by atoms with E-state index in [1.54, 1.807) is 5.51 Å². The molecule has 3 N–H and O–H groups in total. The van der Waals surface area contributed by atoms with Gasteiger partial charge in [0.15, 0.2) is 4.34 Å². The molecule has 4 nitrogen and oxygen atoms in total. The molecule has 2 atom stereocenters. The summed E-state index contributed by atoms with van der Waals surface area (Å²) in [5.74, 6) is 0.545. The molecule has 2 aromatic rings. The second kappa shape index (κ2) is 6.84. The number of rotatable bonds is 6. The van der Waals surface area contributed by atoms with E-state index >= 15 is 0 Å². The predicted octanol–water partition coefficient (Wildman–Crippen LogP) is 1.56. The van der Waals surface area contributed by atoms with Gasteiger partial charge in [0.1, 0.15) is 5.51 Å². The Kier molecular flexibility index (Phi) is 5.12. The zero-order valence-corrected chi connectivity index (χ0v) is 11.4. The summed E-state index contributed by atoms with van der Waals surface area (Å²) in [5.41, 5.74) is 8.82. The van der Waals surface area contributed by atoms with Gasteiger partial charge in [-0.25, -0.2) is 0 Å². The summed E-state index contributed by atoms with van der Waals surface area (Å²) >= 11 is 2.96. The van der Waals surface area contributed by atoms with Crippen LogP contribution in [-0.2, 0) is 6.42 Å². The van der Waals surface area contributed by atoms with E-state index in [4.69, 9.17) is 5.73 Å². The lowest BCUT2D eigenvalue weighted by atomic mass is 10.0. The van der Waals surface area contributed by atoms with Crippen LogP contribution >= 0.6 is 23.1 Å². The van der Waals surface area contributed by atoms with Gasteiger partial charge in [0.05, 0.1) is 6.10 Å². The van der Waals surface area contributed by atoms with Gasteiger partial charge in [-0.15, -0.1) is 10.2 Å². The molecule has 0 aliphatic heterocycles. The van der Waals surface area contributed by atoms with Crippen molar-refractivity contribution >= 4 is 23.1 Å². The van der Waals surface area contributed by atoms with Crippen molar-refractivity contribution in [2.45, 2.75) is 22.9 Å². The van der Waals surface area contributed by atoms with E-state index in [0.717, 1.165) is 9.90 Å². The Bertz CT molecular complexity index is 450. The predicted molar refractivity (Wildman–Crippen MR) is 74.8 cm³/mol. The molecule has 1 aromatic heterocycles. The van der Waals surface area contributed by atoms with Crippen LogP contribution in [0.5, 0.6) is 0 Å². The van der Waals surface area contributed by atoms with Gasteiger partial charge in [0, 0.05) is 11.8 Å². The average Bonchev–Trinajstić information content (AvgIpc) is 2.90. The lowest BCUT2D eigenvalue weighted by Crippen LogP contribution is -2.38. The molecule has 96 valence electrons. The summed E-state index contributed by atoms with van der Waals surface area (Å²) in [4.78, 5) is 0. The molecule has 0 spiro atoms. The molecule has 0 fully saturated rings. The summed E-state index contributed by atoms with van der Waals surface area (Å²) in [6.45, 7) is 0. The fourth-order valence-electron chi connectivity index (χ4n) is 1.53. The number of aromatic nitrogens is 2. The molecule has 0 saturated carbocycles. The number of hydrogen-bond donors (Lipinski definition) is 2. The summed E-state index contributed by atoms with van der Waals surface area (Å²) < 4.78 is 0.862. The standard InChI is InChI=1S/C12H15N3OS2/c13-10(6-9-4-2-1-3-5-9)11(16)7-17-12-15-14-8-18-12/h1-5,8,10-11,16H,6-7,13H2. The van der Waals surface area contributed by atoms with Crippen molar-refractivity contribution < 1.29 is 5.11 Å². The quantitative estimate of drug-likeness (QED) is 0.786. The molecule has 0 aliphatic rings. The molecule has 0 amide bonds. The largest absolute Gasteiger partial charge is 0.391 e. The Labute approximate surface area is 114 Å². The first-order valence-electron chi connectivity index (χ1n) is 5.62. The number of aliphatic hydroxyl groups excluding tert-OH is 1. The van der Waals surface area contributed by atoms with Gasteiger partial charge in [0.2, 0.25) is 0 Å². The minimum Gasteiger partial charge on any atom is -0.391 e. The van der Waals surface area contributed by atoms with Crippen LogP contribution in [0.1, 0.15) is 5.56 Å². The van der Waals surface area contributed by atoms with E-state index in [1.165, 1.54) is 23.1 Å². The van der Waals surface area contributed by atoms with Crippen molar-refractivity contribution in [3.05, 3.63) is 41.4 Å². The molecule has 2 unspecified atom stereocenters. The zero-order valence-electron chi connectivity index (χ0n) is 9.77. The summed E-state index contributed by atoms with van der Waals surface area (Å²) in [6.07, 6.45) is 0.137. The Morgan fingerprint density at radius 2 is 2.11 bits per heavy atom. The number of thioether (sulfide) groups is 1. The maximum atomic E-state index is 9.99. The maximum Gasteiger partial charge on any atom is 0.174 e. The topological polar surface area (TPSA) is 72.0 Å². The third kappa shape index (κ3) is 4.06. The van der Waals surface area contributed by atoms with Gasteiger partial charge in [-0.1, -0.05) is 53.4 Å². The number of nitrogens with two attached hydrogens (primary N) is 1. The van der Waals surface area contributed by atoms with Crippen LogP contribution in [0.25, 0.3) is 0 Å². The third-order valence-corrected chi connectivity index (χ3v) is 4.49. The molecule has 2 rings (SSSR count). The first-order valence-corrected chi connectivity index (χ1v) is 7.49. The molecule has 6 heteroatoms. The Morgan fingerprint density at radius 1 is 1.33 bits per heavy atom. The monoisotopic (exact) mass is 281 g/mol. The van der Waals surface area contributed by atoms with Gasteiger partial charge < -0.3 is 10.8 Å². The first kappa shape index (κ1) is 13.5. The highest BCUT2D eigenvalue weighted by molar-refractivity contribution is 8.01. The smallest absolute Gasteiger partial charge is 0.174 e.